The first-order valence-corrected chi connectivity index (χ1v) is 8.17. The largest absolute Gasteiger partial charge is 0.493 e. The predicted molar refractivity (Wildman–Crippen MR) is 98.8 cm³/mol. The summed E-state index contributed by atoms with van der Waals surface area (Å²) in [6, 6.07) is 7.11. The van der Waals surface area contributed by atoms with Crippen molar-refractivity contribution in [2.24, 2.45) is 0 Å². The monoisotopic (exact) mass is 389 g/mol. The van der Waals surface area contributed by atoms with Gasteiger partial charge >= 0.3 is 5.88 Å². The van der Waals surface area contributed by atoms with Crippen LogP contribution in [0.15, 0.2) is 40.8 Å². The molecule has 2 aromatic rings. The van der Waals surface area contributed by atoms with E-state index in [4.69, 9.17) is 13.9 Å². The van der Waals surface area contributed by atoms with Gasteiger partial charge in [-0.1, -0.05) is 0 Å². The molecule has 0 bridgehead atoms. The zero-order chi connectivity index (χ0) is 20.7. The minimum atomic E-state index is -0.691. The number of hydrogen-bond donors (Lipinski definition) is 2. The number of ether oxygens (including phenoxy) is 2. The van der Waals surface area contributed by atoms with Crippen molar-refractivity contribution >= 4 is 23.8 Å². The lowest BCUT2D eigenvalue weighted by Crippen LogP contribution is -2.40. The Labute approximate surface area is 160 Å². The molecule has 0 saturated carbocycles. The van der Waals surface area contributed by atoms with E-state index < -0.39 is 22.6 Å². The third-order valence-corrected chi connectivity index (χ3v) is 3.28. The molecule has 0 aliphatic heterocycles. The molecule has 0 radical (unpaired) electrons. The van der Waals surface area contributed by atoms with Gasteiger partial charge in [-0.3, -0.25) is 30.6 Å². The van der Waals surface area contributed by atoms with Gasteiger partial charge in [0.25, 0.3) is 11.8 Å². The molecule has 148 valence electrons. The zero-order valence-electron chi connectivity index (χ0n) is 15.4. The molecule has 0 spiro atoms. The van der Waals surface area contributed by atoms with Crippen LogP contribution in [0.1, 0.15) is 30.0 Å². The second kappa shape index (κ2) is 9.21. The molecule has 1 aromatic heterocycles. The van der Waals surface area contributed by atoms with E-state index in [0.717, 1.165) is 6.08 Å². The predicted octanol–water partition coefficient (Wildman–Crippen LogP) is 2.46. The van der Waals surface area contributed by atoms with Gasteiger partial charge in [-0.15, -0.1) is 0 Å². The van der Waals surface area contributed by atoms with Crippen molar-refractivity contribution in [2.75, 3.05) is 7.11 Å². The Hall–Kier alpha value is -3.82. The maximum absolute atomic E-state index is 12.2. The molecule has 0 atom stereocenters. The summed E-state index contributed by atoms with van der Waals surface area (Å²) in [7, 11) is 1.45. The smallest absolute Gasteiger partial charge is 0.433 e. The molecule has 2 N–H and O–H groups in total. The standard InChI is InChI=1S/C18H19N3O7/c1-11(2)27-14-7-4-12(10-15(14)26-3)18(23)20-19-16(22)8-5-13-6-9-17(28-13)21(24)25/h4-11H,1-3H3,(H,19,22)(H,20,23)/b8-5+. The highest BCUT2D eigenvalue weighted by Gasteiger charge is 2.13. The number of amides is 2. The SMILES string of the molecule is COc1cc(C(=O)NNC(=O)/C=C/c2ccc([N+](=O)[O-])o2)ccc1OC(C)C. The summed E-state index contributed by atoms with van der Waals surface area (Å²) in [5, 5.41) is 10.5. The molecular weight excluding hydrogens is 370 g/mol. The number of hydrazine groups is 1. The average Bonchev–Trinajstić information content (AvgIpc) is 3.13. The molecule has 2 amide bonds. The van der Waals surface area contributed by atoms with Crippen LogP contribution >= 0.6 is 0 Å². The molecule has 0 aliphatic rings. The number of benzene rings is 1. The second-order valence-corrected chi connectivity index (χ2v) is 5.74. The molecule has 28 heavy (non-hydrogen) atoms. The van der Waals surface area contributed by atoms with Crippen molar-refractivity contribution in [1.29, 1.82) is 0 Å². The highest BCUT2D eigenvalue weighted by atomic mass is 16.6. The molecule has 2 rings (SSSR count). The fourth-order valence-electron chi connectivity index (χ4n) is 2.08. The number of methoxy groups -OCH3 is 1. The Morgan fingerprint density at radius 2 is 1.93 bits per heavy atom. The van der Waals surface area contributed by atoms with Crippen molar-refractivity contribution in [1.82, 2.24) is 10.9 Å². The summed E-state index contributed by atoms with van der Waals surface area (Å²) in [5.41, 5.74) is 4.69. The van der Waals surface area contributed by atoms with Crippen LogP contribution in [0.2, 0.25) is 0 Å². The van der Waals surface area contributed by atoms with Crippen molar-refractivity contribution in [3.05, 3.63) is 57.8 Å². The van der Waals surface area contributed by atoms with Crippen molar-refractivity contribution in [3.8, 4) is 11.5 Å². The third kappa shape index (κ3) is 5.59. The van der Waals surface area contributed by atoms with E-state index in [2.05, 4.69) is 10.9 Å². The number of nitrogens with one attached hydrogen (secondary N) is 2. The first-order chi connectivity index (χ1) is 13.3. The van der Waals surface area contributed by atoms with Crippen molar-refractivity contribution in [2.45, 2.75) is 20.0 Å². The quantitative estimate of drug-likeness (QED) is 0.422. The summed E-state index contributed by atoms with van der Waals surface area (Å²) in [6.45, 7) is 3.73. The Balaban J connectivity index is 1.94. The number of furan rings is 1. The van der Waals surface area contributed by atoms with E-state index >= 15 is 0 Å². The molecule has 1 heterocycles. The summed E-state index contributed by atoms with van der Waals surface area (Å²) in [6.07, 6.45) is 2.23. The van der Waals surface area contributed by atoms with Crippen LogP contribution in [0.25, 0.3) is 6.08 Å². The van der Waals surface area contributed by atoms with E-state index in [9.17, 15) is 19.7 Å². The lowest BCUT2D eigenvalue weighted by Gasteiger charge is -2.14. The molecule has 0 unspecified atom stereocenters. The van der Waals surface area contributed by atoms with Crippen LogP contribution in [-0.2, 0) is 4.79 Å². The van der Waals surface area contributed by atoms with Gasteiger partial charge in [-0.05, 0) is 44.2 Å². The number of carbonyl (C=O) groups excluding carboxylic acids is 2. The van der Waals surface area contributed by atoms with Crippen molar-refractivity contribution in [3.63, 3.8) is 0 Å². The fraction of sp³-hybridized carbons (Fsp3) is 0.222. The molecule has 10 heteroatoms. The van der Waals surface area contributed by atoms with Gasteiger partial charge in [0.05, 0.1) is 19.3 Å². The molecule has 0 fully saturated rings. The van der Waals surface area contributed by atoms with Crippen LogP contribution in [0.5, 0.6) is 11.5 Å². The molecule has 0 saturated heterocycles. The Bertz CT molecular complexity index is 902. The number of hydrogen-bond acceptors (Lipinski definition) is 7. The lowest BCUT2D eigenvalue weighted by molar-refractivity contribution is -0.402. The van der Waals surface area contributed by atoms with Crippen LogP contribution in [-0.4, -0.2) is 30.0 Å². The van der Waals surface area contributed by atoms with Crippen molar-refractivity contribution < 1.29 is 28.4 Å². The third-order valence-electron chi connectivity index (χ3n) is 3.28. The van der Waals surface area contributed by atoms with Gasteiger partial charge in [0.2, 0.25) is 0 Å². The Morgan fingerprint density at radius 3 is 2.54 bits per heavy atom. The number of rotatable bonds is 7. The number of carbonyl (C=O) groups is 2. The number of nitro groups is 1. The van der Waals surface area contributed by atoms with E-state index in [1.54, 1.807) is 6.07 Å². The van der Waals surface area contributed by atoms with E-state index in [-0.39, 0.29) is 17.4 Å². The van der Waals surface area contributed by atoms with E-state index in [1.165, 1.54) is 37.5 Å². The zero-order valence-corrected chi connectivity index (χ0v) is 15.4. The topological polar surface area (TPSA) is 133 Å². The molecule has 1 aromatic carbocycles. The Kier molecular flexibility index (Phi) is 6.74. The highest BCUT2D eigenvalue weighted by Crippen LogP contribution is 2.28. The summed E-state index contributed by atoms with van der Waals surface area (Å²) >= 11 is 0. The lowest BCUT2D eigenvalue weighted by atomic mass is 10.2. The first kappa shape index (κ1) is 20.5. The Morgan fingerprint density at radius 1 is 1.18 bits per heavy atom. The first-order valence-electron chi connectivity index (χ1n) is 8.17. The maximum atomic E-state index is 12.2. The minimum absolute atomic E-state index is 0.0600. The minimum Gasteiger partial charge on any atom is -0.493 e. The van der Waals surface area contributed by atoms with Gasteiger partial charge in [-0.25, -0.2) is 0 Å². The van der Waals surface area contributed by atoms with Crippen LogP contribution in [0.3, 0.4) is 0 Å². The van der Waals surface area contributed by atoms with Gasteiger partial charge < -0.3 is 13.9 Å². The summed E-state index contributed by atoms with van der Waals surface area (Å²) < 4.78 is 15.7. The highest BCUT2D eigenvalue weighted by molar-refractivity contribution is 5.98. The molecular formula is C18H19N3O7. The summed E-state index contributed by atoms with van der Waals surface area (Å²) in [5.74, 6) is -0.657. The maximum Gasteiger partial charge on any atom is 0.433 e. The van der Waals surface area contributed by atoms with Gasteiger partial charge in [0.15, 0.2) is 11.5 Å². The van der Waals surface area contributed by atoms with Gasteiger partial charge in [-0.2, -0.15) is 0 Å². The van der Waals surface area contributed by atoms with E-state index in [0.29, 0.717) is 11.5 Å². The molecule has 10 nitrogen and oxygen atoms in total. The van der Waals surface area contributed by atoms with Gasteiger partial charge in [0.1, 0.15) is 10.7 Å². The van der Waals surface area contributed by atoms with Crippen LogP contribution < -0.4 is 20.3 Å². The summed E-state index contributed by atoms with van der Waals surface area (Å²) in [4.78, 5) is 33.8. The van der Waals surface area contributed by atoms with Crippen LogP contribution in [0, 0.1) is 10.1 Å². The number of nitrogens with zero attached hydrogens (tertiary/aromatic N) is 1. The average molecular weight is 389 g/mol. The van der Waals surface area contributed by atoms with Gasteiger partial charge in [0, 0.05) is 11.6 Å². The van der Waals surface area contributed by atoms with E-state index in [1.807, 2.05) is 13.8 Å². The molecule has 0 aliphatic carbocycles. The fourth-order valence-corrected chi connectivity index (χ4v) is 2.08. The second-order valence-electron chi connectivity index (χ2n) is 5.74. The van der Waals surface area contributed by atoms with Crippen LogP contribution in [0.4, 0.5) is 5.88 Å². The normalized spacial score (nSPS) is 10.7.